The largest absolute Gasteiger partial charge is 0.485 e. The van der Waals surface area contributed by atoms with Crippen LogP contribution in [0.5, 0.6) is 17.2 Å². The Balaban J connectivity index is 1.61. The molecule has 2 aliphatic heterocycles. The van der Waals surface area contributed by atoms with E-state index in [1.807, 2.05) is 6.92 Å². The zero-order chi connectivity index (χ0) is 27.6. The van der Waals surface area contributed by atoms with E-state index < -0.39 is 34.1 Å². The maximum absolute atomic E-state index is 13.4. The third-order valence-electron chi connectivity index (χ3n) is 6.41. The number of hydrogen-bond acceptors (Lipinski definition) is 8. The molecule has 13 heteroatoms. The summed E-state index contributed by atoms with van der Waals surface area (Å²) in [7, 11) is -2.07. The fourth-order valence-electron chi connectivity index (χ4n) is 4.29. The predicted molar refractivity (Wildman–Crippen MR) is 140 cm³/mol. The first-order valence-corrected chi connectivity index (χ1v) is 14.0. The Labute approximate surface area is 221 Å². The molecular formula is C25H32N4O8S. The number of amides is 3. The minimum Gasteiger partial charge on any atom is -0.485 e. The van der Waals surface area contributed by atoms with E-state index in [0.717, 1.165) is 6.26 Å². The maximum Gasteiger partial charge on any atom is 0.321 e. The van der Waals surface area contributed by atoms with Gasteiger partial charge in [-0.3, -0.25) is 9.52 Å². The highest BCUT2D eigenvalue weighted by molar-refractivity contribution is 7.92. The number of fused-ring (bicyclic) bond motifs is 2. The van der Waals surface area contributed by atoms with Gasteiger partial charge in [0.15, 0.2) is 17.2 Å². The minimum absolute atomic E-state index is 0.0687. The summed E-state index contributed by atoms with van der Waals surface area (Å²) in [5, 5.41) is 12.6. The number of carbonyl (C=O) groups is 2. The van der Waals surface area contributed by atoms with Crippen LogP contribution in [0.2, 0.25) is 0 Å². The molecule has 206 valence electrons. The lowest BCUT2D eigenvalue weighted by Gasteiger charge is -2.38. The summed E-state index contributed by atoms with van der Waals surface area (Å²) in [5.74, 6) is 0.527. The Morgan fingerprint density at radius 1 is 1.24 bits per heavy atom. The molecule has 2 aliphatic rings. The molecule has 0 aromatic heterocycles. The number of ether oxygens (including phenoxy) is 3. The zero-order valence-corrected chi connectivity index (χ0v) is 22.4. The molecule has 0 fully saturated rings. The number of anilines is 2. The van der Waals surface area contributed by atoms with Gasteiger partial charge in [-0.1, -0.05) is 13.0 Å². The van der Waals surface area contributed by atoms with Crippen LogP contribution in [0.4, 0.5) is 16.2 Å². The summed E-state index contributed by atoms with van der Waals surface area (Å²) in [6, 6.07) is 8.79. The van der Waals surface area contributed by atoms with Crippen LogP contribution in [0.1, 0.15) is 24.2 Å². The third-order valence-corrected chi connectivity index (χ3v) is 7.00. The molecule has 0 spiro atoms. The molecule has 0 aliphatic carbocycles. The Morgan fingerprint density at radius 3 is 2.68 bits per heavy atom. The van der Waals surface area contributed by atoms with E-state index >= 15 is 0 Å². The second-order valence-corrected chi connectivity index (χ2v) is 11.3. The molecule has 3 atom stereocenters. The number of likely N-dealkylation sites (N-methyl/N-ethyl adjacent to an activating group) is 1. The van der Waals surface area contributed by atoms with Crippen molar-refractivity contribution in [3.05, 3.63) is 42.0 Å². The number of aliphatic hydroxyl groups excluding tert-OH is 1. The highest BCUT2D eigenvalue weighted by atomic mass is 32.2. The van der Waals surface area contributed by atoms with Crippen LogP contribution in [0.25, 0.3) is 0 Å². The number of nitrogens with zero attached hydrogens (tertiary/aromatic N) is 2. The van der Waals surface area contributed by atoms with Crippen LogP contribution in [0, 0.1) is 5.92 Å². The fourth-order valence-corrected chi connectivity index (χ4v) is 4.85. The van der Waals surface area contributed by atoms with Crippen LogP contribution < -0.4 is 24.2 Å². The van der Waals surface area contributed by atoms with Gasteiger partial charge in [-0.2, -0.15) is 0 Å². The van der Waals surface area contributed by atoms with E-state index in [1.54, 1.807) is 44.3 Å². The van der Waals surface area contributed by atoms with Gasteiger partial charge in [0.05, 0.1) is 36.7 Å². The van der Waals surface area contributed by atoms with Gasteiger partial charge in [0.1, 0.15) is 6.10 Å². The SMILES string of the molecule is C[C@H]1CN([C@@H](C)CO)C(=O)c2cccc(NS(C)(=O)=O)c2O[C@H]1CN(C)C(=O)Nc1ccc2c(c1)OCO2. The van der Waals surface area contributed by atoms with Gasteiger partial charge >= 0.3 is 6.03 Å². The van der Waals surface area contributed by atoms with Crippen LogP contribution >= 0.6 is 0 Å². The molecule has 2 heterocycles. The molecule has 0 saturated carbocycles. The first-order chi connectivity index (χ1) is 18.0. The predicted octanol–water partition coefficient (Wildman–Crippen LogP) is 2.17. The number of benzene rings is 2. The van der Waals surface area contributed by atoms with E-state index in [1.165, 1.54) is 15.9 Å². The fraction of sp³-hybridized carbons (Fsp3) is 0.440. The molecular weight excluding hydrogens is 516 g/mol. The van der Waals surface area contributed by atoms with Crippen molar-refractivity contribution in [1.82, 2.24) is 9.80 Å². The molecule has 0 radical (unpaired) electrons. The zero-order valence-electron chi connectivity index (χ0n) is 21.6. The van der Waals surface area contributed by atoms with Gasteiger partial charge in [0, 0.05) is 31.3 Å². The van der Waals surface area contributed by atoms with Crippen molar-refractivity contribution in [1.29, 1.82) is 0 Å². The summed E-state index contributed by atoms with van der Waals surface area (Å²) < 4.78 is 43.4. The van der Waals surface area contributed by atoms with Gasteiger partial charge in [0.25, 0.3) is 5.91 Å². The molecule has 0 saturated heterocycles. The van der Waals surface area contributed by atoms with E-state index in [0.29, 0.717) is 17.2 Å². The van der Waals surface area contributed by atoms with E-state index in [9.17, 15) is 23.1 Å². The van der Waals surface area contributed by atoms with E-state index in [2.05, 4.69) is 10.0 Å². The minimum atomic E-state index is -3.68. The number of para-hydroxylation sites is 1. The van der Waals surface area contributed by atoms with Gasteiger partial charge in [-0.05, 0) is 31.2 Å². The van der Waals surface area contributed by atoms with Crippen molar-refractivity contribution in [2.45, 2.75) is 26.0 Å². The van der Waals surface area contributed by atoms with Gasteiger partial charge in [-0.25, -0.2) is 13.2 Å². The molecule has 2 aromatic rings. The monoisotopic (exact) mass is 548 g/mol. The molecule has 12 nitrogen and oxygen atoms in total. The Kier molecular flexibility index (Phi) is 7.88. The number of nitrogens with one attached hydrogen (secondary N) is 2. The normalized spacial score (nSPS) is 19.5. The average molecular weight is 549 g/mol. The first-order valence-electron chi connectivity index (χ1n) is 12.1. The lowest BCUT2D eigenvalue weighted by molar-refractivity contribution is 0.0373. The standard InChI is InChI=1S/C25H32N4O8S/c1-15-11-29(16(2)13-30)24(31)18-6-5-7-19(27-38(4,33)34)23(18)37-22(15)12-28(3)25(32)26-17-8-9-20-21(10-17)36-14-35-20/h5-10,15-16,22,27,30H,11-14H2,1-4H3,(H,26,32)/t15-,16-,22-/m0/s1. The molecule has 38 heavy (non-hydrogen) atoms. The number of sulfonamides is 1. The Bertz CT molecular complexity index is 1320. The van der Waals surface area contributed by atoms with E-state index in [-0.39, 0.29) is 49.4 Å². The molecule has 3 N–H and O–H groups in total. The third kappa shape index (κ3) is 6.05. The first kappa shape index (κ1) is 27.3. The van der Waals surface area contributed by atoms with Crippen molar-refractivity contribution in [2.75, 3.05) is 49.8 Å². The van der Waals surface area contributed by atoms with Crippen molar-refractivity contribution >= 4 is 33.3 Å². The summed E-state index contributed by atoms with van der Waals surface area (Å²) >= 11 is 0. The number of hydrogen-bond donors (Lipinski definition) is 3. The lowest BCUT2D eigenvalue weighted by atomic mass is 9.99. The number of rotatable bonds is 7. The topological polar surface area (TPSA) is 147 Å². The highest BCUT2D eigenvalue weighted by Gasteiger charge is 2.35. The molecule has 0 unspecified atom stereocenters. The number of aliphatic hydroxyl groups is 1. The summed E-state index contributed by atoms with van der Waals surface area (Å²) in [5.41, 5.74) is 0.793. The average Bonchev–Trinajstić information content (AvgIpc) is 3.33. The summed E-state index contributed by atoms with van der Waals surface area (Å²) in [6.07, 6.45) is 0.385. The maximum atomic E-state index is 13.4. The van der Waals surface area contributed by atoms with Crippen LogP contribution in [-0.2, 0) is 10.0 Å². The number of urea groups is 1. The molecule has 2 aromatic carbocycles. The molecule has 3 amide bonds. The lowest BCUT2D eigenvalue weighted by Crippen LogP contribution is -2.50. The van der Waals surface area contributed by atoms with Gasteiger partial charge in [-0.15, -0.1) is 0 Å². The smallest absolute Gasteiger partial charge is 0.321 e. The van der Waals surface area contributed by atoms with Crippen molar-refractivity contribution < 1.29 is 37.3 Å². The number of carbonyl (C=O) groups excluding carboxylic acids is 2. The van der Waals surface area contributed by atoms with E-state index in [4.69, 9.17) is 14.2 Å². The summed E-state index contributed by atoms with van der Waals surface area (Å²) in [4.78, 5) is 29.4. The molecule has 4 rings (SSSR count). The van der Waals surface area contributed by atoms with Crippen molar-refractivity contribution in [2.24, 2.45) is 5.92 Å². The Morgan fingerprint density at radius 2 is 1.97 bits per heavy atom. The van der Waals surface area contributed by atoms with Gasteiger partial charge < -0.3 is 34.4 Å². The van der Waals surface area contributed by atoms with Crippen LogP contribution in [0.3, 0.4) is 0 Å². The highest BCUT2D eigenvalue weighted by Crippen LogP contribution is 2.36. The van der Waals surface area contributed by atoms with Gasteiger partial charge in [0.2, 0.25) is 16.8 Å². The quantitative estimate of drug-likeness (QED) is 0.477. The van der Waals surface area contributed by atoms with Crippen molar-refractivity contribution in [3.8, 4) is 17.2 Å². The van der Waals surface area contributed by atoms with Crippen molar-refractivity contribution in [3.63, 3.8) is 0 Å². The van der Waals surface area contributed by atoms with Crippen LogP contribution in [0.15, 0.2) is 36.4 Å². The second-order valence-electron chi connectivity index (χ2n) is 9.56. The Hall–Kier alpha value is -3.71. The second kappa shape index (κ2) is 11.0. The summed E-state index contributed by atoms with van der Waals surface area (Å²) in [6.45, 7) is 3.85. The van der Waals surface area contributed by atoms with Crippen LogP contribution in [-0.4, -0.2) is 87.2 Å². The molecule has 0 bridgehead atoms.